The molecule has 2 amide bonds. The van der Waals surface area contributed by atoms with Gasteiger partial charge in [-0.2, -0.15) is 0 Å². The summed E-state index contributed by atoms with van der Waals surface area (Å²) < 4.78 is 20.4. The Morgan fingerprint density at radius 2 is 1.90 bits per heavy atom. The third kappa shape index (κ3) is 3.82. The fraction of sp³-hybridized carbons (Fsp3) is 0.273. The normalized spacial score (nSPS) is 15.1. The number of anilines is 2. The Morgan fingerprint density at radius 1 is 1.26 bits per heavy atom. The van der Waals surface area contributed by atoms with Crippen LogP contribution < -0.4 is 19.9 Å². The summed E-state index contributed by atoms with van der Waals surface area (Å²) in [5.41, 5.74) is -0.0892. The monoisotopic (exact) mass is 440 g/mol. The highest BCUT2D eigenvalue weighted by atomic mass is 32.1. The average molecular weight is 441 g/mol. The number of nitrogens with zero attached hydrogens (tertiary/aromatic N) is 3. The first-order valence-electron chi connectivity index (χ1n) is 9.42. The molecule has 0 radical (unpaired) electrons. The van der Waals surface area contributed by atoms with Crippen molar-refractivity contribution in [3.8, 4) is 5.75 Å². The molecule has 1 aliphatic heterocycles. The summed E-state index contributed by atoms with van der Waals surface area (Å²) in [6.45, 7) is 11.9. The highest BCUT2D eigenvalue weighted by Crippen LogP contribution is 2.39. The number of hydrogen-bond acceptors (Lipinski definition) is 4. The molecule has 2 aromatic rings. The molecule has 3 rings (SSSR count). The summed E-state index contributed by atoms with van der Waals surface area (Å²) in [4.78, 5) is 30.7. The maximum atomic E-state index is 15.0. The lowest BCUT2D eigenvalue weighted by Gasteiger charge is -2.29. The maximum absolute atomic E-state index is 15.0. The van der Waals surface area contributed by atoms with E-state index in [1.807, 2.05) is 0 Å². The van der Waals surface area contributed by atoms with Gasteiger partial charge in [0.15, 0.2) is 17.4 Å². The van der Waals surface area contributed by atoms with Crippen molar-refractivity contribution in [2.24, 2.45) is 0 Å². The quantitative estimate of drug-likeness (QED) is 0.567. The minimum absolute atomic E-state index is 0.0148. The zero-order valence-corrected chi connectivity index (χ0v) is 18.3. The van der Waals surface area contributed by atoms with Crippen LogP contribution in [0.15, 0.2) is 36.4 Å². The number of carbonyl (C=O) groups is 2. The third-order valence-corrected chi connectivity index (χ3v) is 5.48. The largest absolute Gasteiger partial charge is 0.484 e. The van der Waals surface area contributed by atoms with Gasteiger partial charge in [-0.3, -0.25) is 14.5 Å². The van der Waals surface area contributed by atoms with Gasteiger partial charge in [0.25, 0.3) is 11.8 Å². The minimum atomic E-state index is -1.07. The van der Waals surface area contributed by atoms with Gasteiger partial charge < -0.3 is 15.0 Å². The molecule has 31 heavy (non-hydrogen) atoms. The van der Waals surface area contributed by atoms with Gasteiger partial charge >= 0.3 is 0 Å². The molecular formula is C22H21FN4O3S. The second-order valence-electron chi connectivity index (χ2n) is 7.43. The van der Waals surface area contributed by atoms with Crippen molar-refractivity contribution in [3.63, 3.8) is 0 Å². The van der Waals surface area contributed by atoms with E-state index in [0.717, 1.165) is 0 Å². The minimum Gasteiger partial charge on any atom is -0.484 e. The molecule has 2 aromatic carbocycles. The van der Waals surface area contributed by atoms with Gasteiger partial charge in [-0.05, 0) is 68.9 Å². The van der Waals surface area contributed by atoms with Crippen molar-refractivity contribution in [2.75, 3.05) is 23.5 Å². The lowest BCUT2D eigenvalue weighted by atomic mass is 10.0. The van der Waals surface area contributed by atoms with Crippen LogP contribution in [0, 0.1) is 19.3 Å². The van der Waals surface area contributed by atoms with E-state index in [-0.39, 0.29) is 40.5 Å². The Bertz CT molecular complexity index is 1110. The smallest absolute Gasteiger partial charge is 0.259 e. The first-order chi connectivity index (χ1) is 14.6. The molecule has 1 N–H and O–H groups in total. The van der Waals surface area contributed by atoms with E-state index in [4.69, 9.17) is 23.5 Å². The van der Waals surface area contributed by atoms with Gasteiger partial charge in [0.05, 0.1) is 12.3 Å². The van der Waals surface area contributed by atoms with Crippen LogP contribution in [0.3, 0.4) is 0 Å². The number of halogens is 1. The number of ether oxygens (including phenoxy) is 1. The molecule has 1 aliphatic rings. The Morgan fingerprint density at radius 3 is 2.48 bits per heavy atom. The van der Waals surface area contributed by atoms with Crippen LogP contribution in [0.2, 0.25) is 0 Å². The number of amides is 2. The first-order valence-corrected chi connectivity index (χ1v) is 9.83. The van der Waals surface area contributed by atoms with E-state index < -0.39 is 11.4 Å². The maximum Gasteiger partial charge on any atom is 0.259 e. The third-order valence-electron chi connectivity index (χ3n) is 5.11. The summed E-state index contributed by atoms with van der Waals surface area (Å²) in [7, 11) is 1.52. The summed E-state index contributed by atoms with van der Waals surface area (Å²) in [6, 6.07) is 9.64. The fourth-order valence-corrected chi connectivity index (χ4v) is 3.82. The molecule has 0 aliphatic carbocycles. The van der Waals surface area contributed by atoms with Crippen molar-refractivity contribution >= 4 is 46.2 Å². The number of nitrogens with one attached hydrogen (secondary N) is 1. The van der Waals surface area contributed by atoms with E-state index in [9.17, 15) is 14.0 Å². The van der Waals surface area contributed by atoms with E-state index in [1.165, 1.54) is 31.0 Å². The fourth-order valence-electron chi connectivity index (χ4n) is 3.31. The molecule has 160 valence electrons. The second-order valence-corrected chi connectivity index (χ2v) is 7.79. The van der Waals surface area contributed by atoms with E-state index in [0.29, 0.717) is 11.4 Å². The van der Waals surface area contributed by atoms with Crippen LogP contribution in [-0.2, 0) is 9.59 Å². The highest BCUT2D eigenvalue weighted by molar-refractivity contribution is 7.81. The molecule has 0 aromatic heterocycles. The van der Waals surface area contributed by atoms with Gasteiger partial charge in [0.1, 0.15) is 17.1 Å². The zero-order valence-electron chi connectivity index (χ0n) is 17.5. The van der Waals surface area contributed by atoms with Gasteiger partial charge in [-0.25, -0.2) is 9.24 Å². The molecule has 1 fully saturated rings. The lowest BCUT2D eigenvalue weighted by Crippen LogP contribution is -2.44. The van der Waals surface area contributed by atoms with Gasteiger partial charge in [0, 0.05) is 12.7 Å². The standard InChI is InChI=1S/C22H21FN4O3S/c1-13-16(24-4)10-11-17(19(13)23)26-20(29)22(2,3)27(21(26)31)14-6-8-15(9-7-14)30-12-18(28)25-5/h6-11H,12H2,1-3,5H3,(H,25,28). The topological polar surface area (TPSA) is 66.2 Å². The van der Waals surface area contributed by atoms with Crippen LogP contribution in [0.1, 0.15) is 19.4 Å². The van der Waals surface area contributed by atoms with Crippen molar-refractivity contribution in [3.05, 3.63) is 59.2 Å². The first kappa shape index (κ1) is 22.2. The summed E-state index contributed by atoms with van der Waals surface area (Å²) in [5, 5.41) is 2.60. The number of benzene rings is 2. The predicted octanol–water partition coefficient (Wildman–Crippen LogP) is 3.73. The highest BCUT2D eigenvalue weighted by Gasteiger charge is 2.51. The average Bonchev–Trinajstić information content (AvgIpc) is 2.93. The van der Waals surface area contributed by atoms with Crippen LogP contribution in [0.5, 0.6) is 5.75 Å². The Balaban J connectivity index is 1.94. The van der Waals surface area contributed by atoms with Crippen molar-refractivity contribution < 1.29 is 18.7 Å². The number of likely N-dealkylation sites (N-methyl/N-ethyl adjacent to an activating group) is 1. The van der Waals surface area contributed by atoms with Gasteiger partial charge in [-0.1, -0.05) is 6.07 Å². The number of carbonyl (C=O) groups excluding carboxylic acids is 2. The van der Waals surface area contributed by atoms with Crippen LogP contribution in [0.4, 0.5) is 21.5 Å². The molecule has 7 nitrogen and oxygen atoms in total. The molecule has 0 saturated carbocycles. The van der Waals surface area contributed by atoms with Crippen LogP contribution >= 0.6 is 12.2 Å². The molecule has 1 heterocycles. The zero-order chi connectivity index (χ0) is 22.9. The molecule has 9 heteroatoms. The number of hydrogen-bond donors (Lipinski definition) is 1. The molecule has 0 unspecified atom stereocenters. The van der Waals surface area contributed by atoms with Crippen molar-refractivity contribution in [2.45, 2.75) is 26.3 Å². The van der Waals surface area contributed by atoms with Gasteiger partial charge in [0.2, 0.25) is 0 Å². The summed E-state index contributed by atoms with van der Waals surface area (Å²) in [6.07, 6.45) is 0. The molecule has 0 bridgehead atoms. The lowest BCUT2D eigenvalue weighted by molar-refractivity contribution is -0.122. The van der Waals surface area contributed by atoms with E-state index in [2.05, 4.69) is 10.2 Å². The Hall–Kier alpha value is -3.51. The number of thiocarbonyl (C=S) groups is 1. The Kier molecular flexibility index (Phi) is 5.95. The molecular weight excluding hydrogens is 419 g/mol. The second kappa shape index (κ2) is 8.32. The van der Waals surface area contributed by atoms with Gasteiger partial charge in [-0.15, -0.1) is 0 Å². The Labute approximate surface area is 185 Å². The predicted molar refractivity (Wildman–Crippen MR) is 120 cm³/mol. The number of rotatable bonds is 5. The SMILES string of the molecule is [C-]#[N+]c1ccc(N2C(=O)C(C)(C)N(c3ccc(OCC(=O)NC)cc3)C2=S)c(F)c1C. The van der Waals surface area contributed by atoms with Crippen LogP contribution in [0.25, 0.3) is 4.85 Å². The van der Waals surface area contributed by atoms with Crippen molar-refractivity contribution in [1.82, 2.24) is 5.32 Å². The van der Waals surface area contributed by atoms with Crippen molar-refractivity contribution in [1.29, 1.82) is 0 Å². The van der Waals surface area contributed by atoms with E-state index >= 15 is 0 Å². The van der Waals surface area contributed by atoms with Crippen LogP contribution in [-0.4, -0.2) is 36.1 Å². The molecule has 0 atom stereocenters. The molecule has 1 saturated heterocycles. The van der Waals surface area contributed by atoms with E-state index in [1.54, 1.807) is 43.0 Å². The summed E-state index contributed by atoms with van der Waals surface area (Å²) in [5.74, 6) is -0.810. The summed E-state index contributed by atoms with van der Waals surface area (Å²) >= 11 is 5.57. The molecule has 0 spiro atoms.